The van der Waals surface area contributed by atoms with Crippen molar-refractivity contribution >= 4 is 0 Å². The zero-order valence-electron chi connectivity index (χ0n) is 6.04. The second kappa shape index (κ2) is 4.53. The molecule has 0 aromatic rings. The van der Waals surface area contributed by atoms with Gasteiger partial charge in [-0.15, -0.1) is 0 Å². The van der Waals surface area contributed by atoms with Crippen molar-refractivity contribution in [3.8, 4) is 0 Å². The highest BCUT2D eigenvalue weighted by molar-refractivity contribution is 4.92. The molecule has 0 aliphatic heterocycles. The van der Waals surface area contributed by atoms with Gasteiger partial charge in [-0.3, -0.25) is 0 Å². The van der Waals surface area contributed by atoms with E-state index in [1.54, 1.807) is 6.08 Å². The highest BCUT2D eigenvalue weighted by Gasteiger charge is 2.00. The summed E-state index contributed by atoms with van der Waals surface area (Å²) >= 11 is 0. The molecule has 2 nitrogen and oxygen atoms in total. The van der Waals surface area contributed by atoms with Crippen LogP contribution in [0.25, 0.3) is 0 Å². The van der Waals surface area contributed by atoms with Crippen LogP contribution >= 0.6 is 0 Å². The molecule has 0 aromatic heterocycles. The molecule has 0 fully saturated rings. The summed E-state index contributed by atoms with van der Waals surface area (Å²) in [5.74, 6) is 0.452. The molecule has 0 heterocycles. The molecule has 1 unspecified atom stereocenters. The van der Waals surface area contributed by atoms with Crippen molar-refractivity contribution in [2.75, 3.05) is 6.61 Å². The van der Waals surface area contributed by atoms with E-state index < -0.39 is 0 Å². The Balaban J connectivity index is 3.48. The van der Waals surface area contributed by atoms with E-state index in [9.17, 15) is 0 Å². The van der Waals surface area contributed by atoms with E-state index in [0.717, 1.165) is 0 Å². The maximum absolute atomic E-state index is 8.35. The number of hydrogen-bond donors (Lipinski definition) is 2. The molecular formula is C7H15NO. The number of rotatable bonds is 3. The number of aliphatic hydroxyl groups excluding tert-OH is 1. The van der Waals surface area contributed by atoms with E-state index in [-0.39, 0.29) is 12.6 Å². The Labute approximate surface area is 56.4 Å². The van der Waals surface area contributed by atoms with E-state index in [1.165, 1.54) is 0 Å². The standard InChI is InChI=1S/C7H15NO/c1-6(2)7(8)4-3-5-9/h3-4,6-7,9H,5,8H2,1-2H3/b4-3+. The molecule has 0 spiro atoms. The van der Waals surface area contributed by atoms with Crippen molar-refractivity contribution in [1.29, 1.82) is 0 Å². The fourth-order valence-corrected chi connectivity index (χ4v) is 0.440. The van der Waals surface area contributed by atoms with Crippen LogP contribution in [0.2, 0.25) is 0 Å². The zero-order valence-corrected chi connectivity index (χ0v) is 6.04. The monoisotopic (exact) mass is 129 g/mol. The SMILES string of the molecule is CC(C)C(N)/C=C/CO. The minimum atomic E-state index is 0.0807. The van der Waals surface area contributed by atoms with Crippen molar-refractivity contribution in [2.45, 2.75) is 19.9 Å². The predicted molar refractivity (Wildman–Crippen MR) is 39.0 cm³/mol. The van der Waals surface area contributed by atoms with Crippen LogP contribution in [0.1, 0.15) is 13.8 Å². The Morgan fingerprint density at radius 3 is 2.44 bits per heavy atom. The largest absolute Gasteiger partial charge is 0.392 e. The predicted octanol–water partition coefficient (Wildman–Crippen LogP) is 0.518. The van der Waals surface area contributed by atoms with Gasteiger partial charge < -0.3 is 10.8 Å². The Hall–Kier alpha value is -0.340. The molecule has 2 heteroatoms. The first-order valence-electron chi connectivity index (χ1n) is 3.21. The van der Waals surface area contributed by atoms with Gasteiger partial charge in [0.1, 0.15) is 0 Å². The second-order valence-corrected chi connectivity index (χ2v) is 2.43. The molecule has 0 saturated carbocycles. The van der Waals surface area contributed by atoms with Crippen LogP contribution in [0.4, 0.5) is 0 Å². The third kappa shape index (κ3) is 4.18. The maximum atomic E-state index is 8.35. The van der Waals surface area contributed by atoms with E-state index in [2.05, 4.69) is 0 Å². The summed E-state index contributed by atoms with van der Waals surface area (Å²) in [6, 6.07) is 0.0807. The first-order valence-corrected chi connectivity index (χ1v) is 3.21. The molecule has 1 atom stereocenters. The molecule has 0 aliphatic rings. The highest BCUT2D eigenvalue weighted by atomic mass is 16.2. The molecule has 0 saturated heterocycles. The first-order chi connectivity index (χ1) is 4.18. The van der Waals surface area contributed by atoms with Gasteiger partial charge in [0.05, 0.1) is 6.61 Å². The smallest absolute Gasteiger partial charge is 0.0612 e. The molecule has 0 radical (unpaired) electrons. The van der Waals surface area contributed by atoms with E-state index >= 15 is 0 Å². The Kier molecular flexibility index (Phi) is 4.36. The summed E-state index contributed by atoms with van der Waals surface area (Å²) in [7, 11) is 0. The number of hydrogen-bond acceptors (Lipinski definition) is 2. The van der Waals surface area contributed by atoms with Gasteiger partial charge in [-0.25, -0.2) is 0 Å². The lowest BCUT2D eigenvalue weighted by molar-refractivity contribution is 0.341. The van der Waals surface area contributed by atoms with Crippen molar-refractivity contribution < 1.29 is 5.11 Å². The van der Waals surface area contributed by atoms with Gasteiger partial charge in [0.2, 0.25) is 0 Å². The summed E-state index contributed by atoms with van der Waals surface area (Å²) < 4.78 is 0. The molecule has 54 valence electrons. The topological polar surface area (TPSA) is 46.2 Å². The summed E-state index contributed by atoms with van der Waals surface area (Å²) in [5, 5.41) is 8.35. The second-order valence-electron chi connectivity index (χ2n) is 2.43. The van der Waals surface area contributed by atoms with Gasteiger partial charge in [-0.05, 0) is 5.92 Å². The molecule has 9 heavy (non-hydrogen) atoms. The number of aliphatic hydroxyl groups is 1. The third-order valence-electron chi connectivity index (χ3n) is 1.23. The van der Waals surface area contributed by atoms with Crippen molar-refractivity contribution in [3.63, 3.8) is 0 Å². The molecule has 3 N–H and O–H groups in total. The van der Waals surface area contributed by atoms with E-state index in [1.807, 2.05) is 19.9 Å². The average molecular weight is 129 g/mol. The minimum Gasteiger partial charge on any atom is -0.392 e. The van der Waals surface area contributed by atoms with Crippen LogP contribution in [0, 0.1) is 5.92 Å². The zero-order chi connectivity index (χ0) is 7.28. The van der Waals surface area contributed by atoms with Crippen LogP contribution in [-0.2, 0) is 0 Å². The summed E-state index contributed by atoms with van der Waals surface area (Å²) in [4.78, 5) is 0. The average Bonchev–Trinajstić information content (AvgIpc) is 1.82. The van der Waals surface area contributed by atoms with Crippen molar-refractivity contribution in [1.82, 2.24) is 0 Å². The van der Waals surface area contributed by atoms with Crippen LogP contribution in [0.3, 0.4) is 0 Å². The van der Waals surface area contributed by atoms with Crippen molar-refractivity contribution in [2.24, 2.45) is 11.7 Å². The Morgan fingerprint density at radius 2 is 2.11 bits per heavy atom. The quantitative estimate of drug-likeness (QED) is 0.546. The van der Waals surface area contributed by atoms with Crippen LogP contribution < -0.4 is 5.73 Å². The Morgan fingerprint density at radius 1 is 1.56 bits per heavy atom. The molecule has 0 amide bonds. The Bertz CT molecular complexity index is 88.9. The molecule has 0 aliphatic carbocycles. The van der Waals surface area contributed by atoms with Crippen LogP contribution in [0.15, 0.2) is 12.2 Å². The van der Waals surface area contributed by atoms with Gasteiger partial charge in [0.15, 0.2) is 0 Å². The summed E-state index contributed by atoms with van der Waals surface area (Å²) in [6.07, 6.45) is 3.50. The fourth-order valence-electron chi connectivity index (χ4n) is 0.440. The fraction of sp³-hybridized carbons (Fsp3) is 0.714. The molecule has 0 bridgehead atoms. The van der Waals surface area contributed by atoms with Crippen LogP contribution in [-0.4, -0.2) is 17.8 Å². The summed E-state index contributed by atoms with van der Waals surface area (Å²) in [5.41, 5.74) is 5.60. The maximum Gasteiger partial charge on any atom is 0.0612 e. The van der Waals surface area contributed by atoms with Crippen molar-refractivity contribution in [3.05, 3.63) is 12.2 Å². The lowest BCUT2D eigenvalue weighted by atomic mass is 10.1. The highest BCUT2D eigenvalue weighted by Crippen LogP contribution is 1.98. The first kappa shape index (κ1) is 8.66. The van der Waals surface area contributed by atoms with Gasteiger partial charge in [0, 0.05) is 6.04 Å². The van der Waals surface area contributed by atoms with Gasteiger partial charge in [-0.1, -0.05) is 26.0 Å². The third-order valence-corrected chi connectivity index (χ3v) is 1.23. The molecular weight excluding hydrogens is 114 g/mol. The molecule has 0 aromatic carbocycles. The summed E-state index contributed by atoms with van der Waals surface area (Å²) in [6.45, 7) is 4.18. The van der Waals surface area contributed by atoms with E-state index in [4.69, 9.17) is 10.8 Å². The van der Waals surface area contributed by atoms with Gasteiger partial charge in [-0.2, -0.15) is 0 Å². The lowest BCUT2D eigenvalue weighted by Crippen LogP contribution is -2.23. The van der Waals surface area contributed by atoms with Gasteiger partial charge in [0.25, 0.3) is 0 Å². The normalized spacial score (nSPS) is 15.2. The van der Waals surface area contributed by atoms with Crippen LogP contribution in [0.5, 0.6) is 0 Å². The van der Waals surface area contributed by atoms with Gasteiger partial charge >= 0.3 is 0 Å². The minimum absolute atomic E-state index is 0.0807. The molecule has 0 rings (SSSR count). The number of nitrogens with two attached hydrogens (primary N) is 1. The lowest BCUT2D eigenvalue weighted by Gasteiger charge is -2.08. The van der Waals surface area contributed by atoms with E-state index in [0.29, 0.717) is 5.92 Å².